The molecule has 2 fully saturated rings. The fourth-order valence-corrected chi connectivity index (χ4v) is 5.64. The minimum absolute atomic E-state index is 0.0861. The highest BCUT2D eigenvalue weighted by atomic mass is 16.5. The minimum atomic E-state index is 0.0861. The Morgan fingerprint density at radius 2 is 1.85 bits per heavy atom. The van der Waals surface area contributed by atoms with Crippen molar-refractivity contribution in [1.29, 1.82) is 0 Å². The minimum Gasteiger partial charge on any atom is -0.376 e. The summed E-state index contributed by atoms with van der Waals surface area (Å²) >= 11 is 0. The van der Waals surface area contributed by atoms with Crippen LogP contribution in [0.5, 0.6) is 0 Å². The topological polar surface area (TPSA) is 45.7 Å². The van der Waals surface area contributed by atoms with Gasteiger partial charge < -0.3 is 9.64 Å². The average Bonchev–Trinajstić information content (AvgIpc) is 3.53. The Morgan fingerprint density at radius 1 is 1.06 bits per heavy atom. The number of amides is 1. The van der Waals surface area contributed by atoms with Crippen LogP contribution in [-0.2, 0) is 22.4 Å². The Balaban J connectivity index is 1.17. The summed E-state index contributed by atoms with van der Waals surface area (Å²) in [4.78, 5) is 22.0. The number of hydrogen-bond donors (Lipinski definition) is 0. The van der Waals surface area contributed by atoms with E-state index in [0.29, 0.717) is 18.5 Å². The van der Waals surface area contributed by atoms with Crippen LogP contribution in [0.2, 0.25) is 0 Å². The SMILES string of the molecule is O=C(/C=C/c1cccnc1)N(CC1CCN(C2Cc3ccccc3C2)CC1)CC1CCCO1. The zero-order valence-electron chi connectivity index (χ0n) is 19.4. The van der Waals surface area contributed by atoms with Crippen molar-refractivity contribution < 1.29 is 9.53 Å². The number of carbonyl (C=O) groups excluding carboxylic acids is 1. The number of piperidine rings is 1. The van der Waals surface area contributed by atoms with Crippen LogP contribution in [0.1, 0.15) is 42.4 Å². The highest BCUT2D eigenvalue weighted by Crippen LogP contribution is 2.29. The van der Waals surface area contributed by atoms with E-state index in [9.17, 15) is 4.79 Å². The fourth-order valence-electron chi connectivity index (χ4n) is 5.64. The molecule has 0 saturated carbocycles. The van der Waals surface area contributed by atoms with Crippen LogP contribution in [0.3, 0.4) is 0 Å². The second-order valence-corrected chi connectivity index (χ2v) is 9.81. The van der Waals surface area contributed by atoms with Crippen LogP contribution < -0.4 is 0 Å². The van der Waals surface area contributed by atoms with Gasteiger partial charge in [0.2, 0.25) is 5.91 Å². The zero-order valence-corrected chi connectivity index (χ0v) is 19.4. The molecule has 2 aromatic rings. The van der Waals surface area contributed by atoms with Crippen molar-refractivity contribution in [3.63, 3.8) is 0 Å². The predicted molar refractivity (Wildman–Crippen MR) is 131 cm³/mol. The summed E-state index contributed by atoms with van der Waals surface area (Å²) in [5, 5.41) is 0. The first-order chi connectivity index (χ1) is 16.2. The van der Waals surface area contributed by atoms with E-state index in [1.54, 1.807) is 18.5 Å². The summed E-state index contributed by atoms with van der Waals surface area (Å²) in [7, 11) is 0. The Bertz CT molecular complexity index is 922. The molecule has 1 atom stereocenters. The van der Waals surface area contributed by atoms with Crippen LogP contribution in [0.4, 0.5) is 0 Å². The molecule has 3 aliphatic rings. The summed E-state index contributed by atoms with van der Waals surface area (Å²) in [6, 6.07) is 13.4. The molecule has 174 valence electrons. The van der Waals surface area contributed by atoms with E-state index >= 15 is 0 Å². The van der Waals surface area contributed by atoms with Gasteiger partial charge in [-0.2, -0.15) is 0 Å². The van der Waals surface area contributed by atoms with Crippen LogP contribution >= 0.6 is 0 Å². The lowest BCUT2D eigenvalue weighted by atomic mass is 9.94. The molecular formula is C28H35N3O2. The number of hydrogen-bond acceptors (Lipinski definition) is 4. The molecule has 0 bridgehead atoms. The van der Waals surface area contributed by atoms with Gasteiger partial charge in [-0.1, -0.05) is 30.3 Å². The summed E-state index contributed by atoms with van der Waals surface area (Å²) in [5.41, 5.74) is 4.01. The monoisotopic (exact) mass is 445 g/mol. The third-order valence-corrected chi connectivity index (χ3v) is 7.54. The second kappa shape index (κ2) is 10.6. The number of aromatic nitrogens is 1. The first-order valence-corrected chi connectivity index (χ1v) is 12.5. The predicted octanol–water partition coefficient (Wildman–Crippen LogP) is 3.98. The van der Waals surface area contributed by atoms with E-state index in [4.69, 9.17) is 4.74 Å². The molecule has 0 N–H and O–H groups in total. The van der Waals surface area contributed by atoms with E-state index in [-0.39, 0.29) is 12.0 Å². The zero-order chi connectivity index (χ0) is 22.5. The van der Waals surface area contributed by atoms with Crippen molar-refractivity contribution in [3.8, 4) is 0 Å². The van der Waals surface area contributed by atoms with Crippen molar-refractivity contribution >= 4 is 12.0 Å². The Morgan fingerprint density at radius 3 is 2.52 bits per heavy atom. The average molecular weight is 446 g/mol. The van der Waals surface area contributed by atoms with Gasteiger partial charge in [0.1, 0.15) is 0 Å². The van der Waals surface area contributed by atoms with E-state index in [1.807, 2.05) is 23.1 Å². The van der Waals surface area contributed by atoms with Gasteiger partial charge in [-0.15, -0.1) is 0 Å². The van der Waals surface area contributed by atoms with Gasteiger partial charge in [-0.05, 0) is 86.4 Å². The third kappa shape index (κ3) is 5.71. The normalized spacial score (nSPS) is 22.1. The molecule has 1 unspecified atom stereocenters. The van der Waals surface area contributed by atoms with E-state index in [1.165, 1.54) is 24.0 Å². The molecule has 2 aliphatic heterocycles. The number of likely N-dealkylation sites (tertiary alicyclic amines) is 1. The standard InChI is InChI=1S/C28H35N3O2/c32-28(10-9-22-5-3-13-29-19-22)31(21-27-8-4-16-33-27)20-23-11-14-30(15-12-23)26-17-24-6-1-2-7-25(24)18-26/h1-3,5-7,9-10,13,19,23,26-27H,4,8,11-12,14-18,20-21H2/b10-9+. The number of ether oxygens (including phenoxy) is 1. The molecule has 1 aromatic carbocycles. The Hall–Kier alpha value is -2.50. The molecule has 3 heterocycles. The molecule has 1 aliphatic carbocycles. The van der Waals surface area contributed by atoms with Crippen LogP contribution in [0.15, 0.2) is 54.9 Å². The Labute approximate surface area is 197 Å². The van der Waals surface area contributed by atoms with Gasteiger partial charge in [0.25, 0.3) is 0 Å². The lowest BCUT2D eigenvalue weighted by Crippen LogP contribution is -2.46. The number of nitrogens with zero attached hydrogens (tertiary/aromatic N) is 3. The maximum atomic E-state index is 13.1. The molecule has 1 amide bonds. The smallest absolute Gasteiger partial charge is 0.246 e. The van der Waals surface area contributed by atoms with Gasteiger partial charge in [0, 0.05) is 44.2 Å². The van der Waals surface area contributed by atoms with E-state index in [2.05, 4.69) is 34.1 Å². The molecule has 5 rings (SSSR count). The molecule has 0 spiro atoms. The van der Waals surface area contributed by atoms with Gasteiger partial charge in [0.15, 0.2) is 0 Å². The van der Waals surface area contributed by atoms with Crippen molar-refractivity contribution in [2.45, 2.75) is 50.7 Å². The van der Waals surface area contributed by atoms with Crippen molar-refractivity contribution in [3.05, 3.63) is 71.6 Å². The number of benzene rings is 1. The number of rotatable bonds is 7. The molecule has 33 heavy (non-hydrogen) atoms. The van der Waals surface area contributed by atoms with Crippen LogP contribution in [-0.4, -0.2) is 65.6 Å². The first kappa shape index (κ1) is 22.3. The highest BCUT2D eigenvalue weighted by Gasteiger charge is 2.31. The Kier molecular flexibility index (Phi) is 7.18. The number of pyridine rings is 1. The highest BCUT2D eigenvalue weighted by molar-refractivity contribution is 5.91. The van der Waals surface area contributed by atoms with Gasteiger partial charge in [-0.3, -0.25) is 14.7 Å². The fraction of sp³-hybridized carbons (Fsp3) is 0.500. The van der Waals surface area contributed by atoms with Gasteiger partial charge >= 0.3 is 0 Å². The van der Waals surface area contributed by atoms with Crippen molar-refractivity contribution in [2.75, 3.05) is 32.8 Å². The van der Waals surface area contributed by atoms with Gasteiger partial charge in [0.05, 0.1) is 6.10 Å². The molecule has 5 nitrogen and oxygen atoms in total. The lowest BCUT2D eigenvalue weighted by molar-refractivity contribution is -0.128. The number of fused-ring (bicyclic) bond motifs is 1. The number of carbonyl (C=O) groups is 1. The lowest BCUT2D eigenvalue weighted by Gasteiger charge is -2.38. The molecule has 2 saturated heterocycles. The third-order valence-electron chi connectivity index (χ3n) is 7.54. The maximum Gasteiger partial charge on any atom is 0.246 e. The summed E-state index contributed by atoms with van der Waals surface area (Å²) in [5.74, 6) is 0.644. The maximum absolute atomic E-state index is 13.1. The molecule has 5 heteroatoms. The van der Waals surface area contributed by atoms with E-state index in [0.717, 1.165) is 57.5 Å². The first-order valence-electron chi connectivity index (χ1n) is 12.5. The van der Waals surface area contributed by atoms with Crippen molar-refractivity contribution in [1.82, 2.24) is 14.8 Å². The molecule has 0 radical (unpaired) electrons. The van der Waals surface area contributed by atoms with Crippen LogP contribution in [0.25, 0.3) is 6.08 Å². The van der Waals surface area contributed by atoms with Crippen molar-refractivity contribution in [2.24, 2.45) is 5.92 Å². The summed E-state index contributed by atoms with van der Waals surface area (Å²) < 4.78 is 5.86. The summed E-state index contributed by atoms with van der Waals surface area (Å²) in [6.07, 6.45) is 14.1. The molecule has 1 aromatic heterocycles. The largest absolute Gasteiger partial charge is 0.376 e. The van der Waals surface area contributed by atoms with Gasteiger partial charge in [-0.25, -0.2) is 0 Å². The summed E-state index contributed by atoms with van der Waals surface area (Å²) in [6.45, 7) is 4.62. The quantitative estimate of drug-likeness (QED) is 0.605. The van der Waals surface area contributed by atoms with Crippen LogP contribution in [0, 0.1) is 5.92 Å². The molecular weight excluding hydrogens is 410 g/mol. The van der Waals surface area contributed by atoms with E-state index < -0.39 is 0 Å². The second-order valence-electron chi connectivity index (χ2n) is 9.81.